The first-order valence-corrected chi connectivity index (χ1v) is 6.91. The van der Waals surface area contributed by atoms with Crippen LogP contribution in [0.25, 0.3) is 32.8 Å². The van der Waals surface area contributed by atoms with Crippen LogP contribution >= 0.6 is 0 Å². The van der Waals surface area contributed by atoms with Crippen molar-refractivity contribution in [2.45, 2.75) is 6.18 Å². The minimum atomic E-state index is -4.42. The van der Waals surface area contributed by atoms with Gasteiger partial charge in [0.1, 0.15) is 0 Å². The molecule has 4 aromatic rings. The molecule has 114 valence electrons. The molecule has 4 rings (SSSR count). The number of pyridine rings is 1. The Morgan fingerprint density at radius 3 is 2.52 bits per heavy atom. The number of aromatic nitrogens is 3. The highest BCUT2D eigenvalue weighted by atomic mass is 19.4. The maximum Gasteiger partial charge on any atom is 0.416 e. The zero-order chi connectivity index (χ0) is 16.0. The van der Waals surface area contributed by atoms with Gasteiger partial charge >= 0.3 is 6.18 Å². The van der Waals surface area contributed by atoms with Crippen LogP contribution in [-0.2, 0) is 6.18 Å². The van der Waals surface area contributed by atoms with E-state index in [0.717, 1.165) is 22.9 Å². The highest BCUT2D eigenvalue weighted by molar-refractivity contribution is 6.04. The first-order valence-electron chi connectivity index (χ1n) is 6.91. The molecule has 2 aromatic carbocycles. The molecule has 0 amide bonds. The van der Waals surface area contributed by atoms with Crippen LogP contribution in [0, 0.1) is 0 Å². The van der Waals surface area contributed by atoms with E-state index >= 15 is 0 Å². The molecule has 0 unspecified atom stereocenters. The van der Waals surface area contributed by atoms with Crippen molar-refractivity contribution in [1.82, 2.24) is 15.2 Å². The number of fused-ring (bicyclic) bond motifs is 2. The lowest BCUT2D eigenvalue weighted by Gasteiger charge is -2.12. The van der Waals surface area contributed by atoms with Crippen LogP contribution in [-0.4, -0.2) is 15.2 Å². The second-order valence-electron chi connectivity index (χ2n) is 5.26. The molecular weight excluding hydrogens is 303 g/mol. The van der Waals surface area contributed by atoms with Gasteiger partial charge in [-0.1, -0.05) is 24.3 Å². The summed E-state index contributed by atoms with van der Waals surface area (Å²) in [4.78, 5) is 4.16. The van der Waals surface area contributed by atoms with E-state index in [2.05, 4.69) is 15.2 Å². The third kappa shape index (κ3) is 2.23. The molecule has 0 saturated heterocycles. The van der Waals surface area contributed by atoms with Crippen molar-refractivity contribution in [2.24, 2.45) is 0 Å². The number of hydrogen-bond acceptors (Lipinski definition) is 2. The second-order valence-corrected chi connectivity index (χ2v) is 5.26. The van der Waals surface area contributed by atoms with Crippen molar-refractivity contribution in [1.29, 1.82) is 0 Å². The SMILES string of the molecule is FC(F)(F)c1cc(-c2cncc3ccccc23)c2cn[nH]c2c1. The van der Waals surface area contributed by atoms with Crippen LogP contribution in [0.3, 0.4) is 0 Å². The Morgan fingerprint density at radius 2 is 1.70 bits per heavy atom. The highest BCUT2D eigenvalue weighted by Gasteiger charge is 2.32. The molecule has 0 aliphatic heterocycles. The van der Waals surface area contributed by atoms with E-state index in [-0.39, 0.29) is 0 Å². The Balaban J connectivity index is 2.10. The zero-order valence-corrected chi connectivity index (χ0v) is 11.7. The first-order chi connectivity index (χ1) is 11.0. The molecule has 0 fully saturated rings. The fourth-order valence-corrected chi connectivity index (χ4v) is 2.77. The second kappa shape index (κ2) is 4.81. The quantitative estimate of drug-likeness (QED) is 0.548. The zero-order valence-electron chi connectivity index (χ0n) is 11.7. The molecule has 0 atom stereocenters. The number of aromatic amines is 1. The van der Waals surface area contributed by atoms with Crippen molar-refractivity contribution in [3.8, 4) is 11.1 Å². The summed E-state index contributed by atoms with van der Waals surface area (Å²) in [7, 11) is 0. The van der Waals surface area contributed by atoms with Crippen LogP contribution in [0.2, 0.25) is 0 Å². The van der Waals surface area contributed by atoms with Crippen molar-refractivity contribution in [2.75, 3.05) is 0 Å². The third-order valence-electron chi connectivity index (χ3n) is 3.84. The van der Waals surface area contributed by atoms with Crippen LogP contribution in [0.15, 0.2) is 55.0 Å². The maximum atomic E-state index is 13.2. The van der Waals surface area contributed by atoms with Crippen molar-refractivity contribution < 1.29 is 13.2 Å². The molecule has 2 aromatic heterocycles. The van der Waals surface area contributed by atoms with Gasteiger partial charge in [0.05, 0.1) is 17.3 Å². The van der Waals surface area contributed by atoms with Gasteiger partial charge in [-0.05, 0) is 23.1 Å². The van der Waals surface area contributed by atoms with Crippen molar-refractivity contribution >= 4 is 21.7 Å². The molecule has 2 heterocycles. The number of alkyl halides is 3. The molecule has 6 heteroatoms. The van der Waals surface area contributed by atoms with Crippen molar-refractivity contribution in [3.63, 3.8) is 0 Å². The van der Waals surface area contributed by atoms with E-state index in [1.807, 2.05) is 24.3 Å². The van der Waals surface area contributed by atoms with Gasteiger partial charge in [-0.3, -0.25) is 10.1 Å². The van der Waals surface area contributed by atoms with Gasteiger partial charge in [0.2, 0.25) is 0 Å². The third-order valence-corrected chi connectivity index (χ3v) is 3.84. The summed E-state index contributed by atoms with van der Waals surface area (Å²) in [5, 5.41) is 8.86. The van der Waals surface area contributed by atoms with E-state index in [9.17, 15) is 13.2 Å². The standard InChI is InChI=1S/C17H10F3N3/c18-17(19,20)11-5-13(15-9-22-23-16(15)6-11)14-8-21-7-10-3-1-2-4-12(10)14/h1-9H,(H,22,23). The molecule has 3 nitrogen and oxygen atoms in total. The Hall–Kier alpha value is -2.89. The van der Waals surface area contributed by atoms with E-state index in [1.54, 1.807) is 12.4 Å². The minimum absolute atomic E-state index is 0.350. The van der Waals surface area contributed by atoms with Gasteiger partial charge in [0, 0.05) is 28.7 Å². The van der Waals surface area contributed by atoms with Gasteiger partial charge in [-0.15, -0.1) is 0 Å². The van der Waals surface area contributed by atoms with Gasteiger partial charge in [0.25, 0.3) is 0 Å². The Morgan fingerprint density at radius 1 is 0.870 bits per heavy atom. The normalized spacial score (nSPS) is 12.1. The summed E-state index contributed by atoms with van der Waals surface area (Å²) >= 11 is 0. The molecular formula is C17H10F3N3. The lowest BCUT2D eigenvalue weighted by atomic mass is 9.96. The molecule has 0 radical (unpaired) electrons. The minimum Gasteiger partial charge on any atom is -0.278 e. The molecule has 0 spiro atoms. The Bertz CT molecular complexity index is 1010. The maximum absolute atomic E-state index is 13.2. The average Bonchev–Trinajstić information content (AvgIpc) is 3.01. The predicted molar refractivity (Wildman–Crippen MR) is 81.8 cm³/mol. The summed E-state index contributed by atoms with van der Waals surface area (Å²) < 4.78 is 39.5. The summed E-state index contributed by atoms with van der Waals surface area (Å²) in [5.41, 5.74) is 0.758. The van der Waals surface area contributed by atoms with E-state index in [4.69, 9.17) is 0 Å². The van der Waals surface area contributed by atoms with E-state index in [1.165, 1.54) is 6.20 Å². The molecule has 23 heavy (non-hydrogen) atoms. The molecule has 0 aliphatic rings. The monoisotopic (exact) mass is 313 g/mol. The molecule has 0 saturated carbocycles. The average molecular weight is 313 g/mol. The number of H-pyrrole nitrogens is 1. The largest absolute Gasteiger partial charge is 0.416 e. The molecule has 1 N–H and O–H groups in total. The van der Waals surface area contributed by atoms with Crippen LogP contribution in [0.4, 0.5) is 13.2 Å². The van der Waals surface area contributed by atoms with Gasteiger partial charge in [-0.25, -0.2) is 0 Å². The Labute approximate surface area is 128 Å². The number of hydrogen-bond donors (Lipinski definition) is 1. The van der Waals surface area contributed by atoms with Gasteiger partial charge in [0.15, 0.2) is 0 Å². The fourth-order valence-electron chi connectivity index (χ4n) is 2.77. The van der Waals surface area contributed by atoms with Gasteiger partial charge in [-0.2, -0.15) is 18.3 Å². The molecule has 0 bridgehead atoms. The van der Waals surface area contributed by atoms with E-state index in [0.29, 0.717) is 22.0 Å². The fraction of sp³-hybridized carbons (Fsp3) is 0.0588. The van der Waals surface area contributed by atoms with Crippen molar-refractivity contribution in [3.05, 3.63) is 60.6 Å². The predicted octanol–water partition coefficient (Wildman–Crippen LogP) is 4.80. The summed E-state index contributed by atoms with van der Waals surface area (Å²) in [6, 6.07) is 9.70. The smallest absolute Gasteiger partial charge is 0.278 e. The lowest BCUT2D eigenvalue weighted by Crippen LogP contribution is -2.05. The summed E-state index contributed by atoms with van der Waals surface area (Å²) in [6.45, 7) is 0. The van der Waals surface area contributed by atoms with Crippen LogP contribution in [0.5, 0.6) is 0 Å². The van der Waals surface area contributed by atoms with Crippen LogP contribution < -0.4 is 0 Å². The summed E-state index contributed by atoms with van der Waals surface area (Å²) in [5.74, 6) is 0. The molecule has 0 aliphatic carbocycles. The highest BCUT2D eigenvalue weighted by Crippen LogP contribution is 2.38. The number of nitrogens with one attached hydrogen (secondary N) is 1. The number of rotatable bonds is 1. The Kier molecular flexibility index (Phi) is 2.87. The lowest BCUT2D eigenvalue weighted by molar-refractivity contribution is -0.137. The number of benzene rings is 2. The topological polar surface area (TPSA) is 41.6 Å². The number of nitrogens with zero attached hydrogens (tertiary/aromatic N) is 2. The number of halogens is 3. The van der Waals surface area contributed by atoms with Crippen LogP contribution in [0.1, 0.15) is 5.56 Å². The van der Waals surface area contributed by atoms with Gasteiger partial charge < -0.3 is 0 Å². The van der Waals surface area contributed by atoms with E-state index < -0.39 is 11.7 Å². The first kappa shape index (κ1) is 13.8. The summed E-state index contributed by atoms with van der Waals surface area (Å²) in [6.07, 6.45) is 0.391.